The van der Waals surface area contributed by atoms with E-state index in [1.807, 2.05) is 31.2 Å². The van der Waals surface area contributed by atoms with E-state index in [1.165, 1.54) is 6.92 Å². The Balaban J connectivity index is 1.38. The Morgan fingerprint density at radius 3 is 1.76 bits per heavy atom. The predicted molar refractivity (Wildman–Crippen MR) is 127 cm³/mol. The van der Waals surface area contributed by atoms with Crippen molar-refractivity contribution >= 4 is 11.9 Å². The van der Waals surface area contributed by atoms with Crippen LogP contribution in [0.2, 0.25) is 0 Å². The van der Waals surface area contributed by atoms with E-state index in [0.29, 0.717) is 36.0 Å². The molecule has 3 rings (SSSR count). The van der Waals surface area contributed by atoms with Gasteiger partial charge in [0.25, 0.3) is 0 Å². The van der Waals surface area contributed by atoms with Crippen molar-refractivity contribution in [3.8, 4) is 23.0 Å². The summed E-state index contributed by atoms with van der Waals surface area (Å²) in [6, 6.07) is 21.2. The highest BCUT2D eigenvalue weighted by Gasteiger charge is 2.09. The SMILES string of the molecule is CC(=O)OCCCCOc1ccc(C(=O)Oc2ccc(OCOc3ccc(C)cc3)cc2)cc1. The first kappa shape index (κ1) is 24.6. The molecule has 0 bridgehead atoms. The molecule has 0 saturated carbocycles. The van der Waals surface area contributed by atoms with Crippen molar-refractivity contribution in [2.75, 3.05) is 20.0 Å². The Kier molecular flexibility index (Phi) is 9.34. The molecule has 0 amide bonds. The van der Waals surface area contributed by atoms with Crippen LogP contribution >= 0.6 is 0 Å². The molecular formula is C27H28O7. The molecule has 0 aliphatic heterocycles. The average molecular weight is 465 g/mol. The Morgan fingerprint density at radius 1 is 0.647 bits per heavy atom. The summed E-state index contributed by atoms with van der Waals surface area (Å²) in [6.07, 6.45) is 1.49. The van der Waals surface area contributed by atoms with E-state index in [1.54, 1.807) is 48.5 Å². The molecule has 0 fully saturated rings. The van der Waals surface area contributed by atoms with Gasteiger partial charge in [0.15, 0.2) is 0 Å². The van der Waals surface area contributed by atoms with Crippen LogP contribution in [-0.4, -0.2) is 31.9 Å². The van der Waals surface area contributed by atoms with Crippen LogP contribution in [0.5, 0.6) is 23.0 Å². The Labute approximate surface area is 199 Å². The zero-order chi connectivity index (χ0) is 24.2. The lowest BCUT2D eigenvalue weighted by molar-refractivity contribution is -0.141. The molecule has 7 nitrogen and oxygen atoms in total. The first-order chi connectivity index (χ1) is 16.5. The Bertz CT molecular complexity index is 1040. The highest BCUT2D eigenvalue weighted by atomic mass is 16.7. The first-order valence-corrected chi connectivity index (χ1v) is 11.0. The van der Waals surface area contributed by atoms with Gasteiger partial charge in [0.05, 0.1) is 18.8 Å². The van der Waals surface area contributed by atoms with Crippen molar-refractivity contribution in [1.82, 2.24) is 0 Å². The molecule has 0 unspecified atom stereocenters. The Morgan fingerprint density at radius 2 is 1.15 bits per heavy atom. The molecule has 0 aromatic heterocycles. The van der Waals surface area contributed by atoms with Gasteiger partial charge in [-0.2, -0.15) is 0 Å². The Hall–Kier alpha value is -4.00. The molecule has 34 heavy (non-hydrogen) atoms. The maximum atomic E-state index is 12.4. The molecular weight excluding hydrogens is 436 g/mol. The second-order valence-electron chi connectivity index (χ2n) is 7.50. The third-order valence-corrected chi connectivity index (χ3v) is 4.71. The summed E-state index contributed by atoms with van der Waals surface area (Å²) in [5, 5.41) is 0. The topological polar surface area (TPSA) is 80.3 Å². The van der Waals surface area contributed by atoms with E-state index in [9.17, 15) is 9.59 Å². The van der Waals surface area contributed by atoms with Crippen molar-refractivity contribution < 1.29 is 33.3 Å². The summed E-state index contributed by atoms with van der Waals surface area (Å²) >= 11 is 0. The highest BCUT2D eigenvalue weighted by molar-refractivity contribution is 5.91. The molecule has 0 aliphatic carbocycles. The van der Waals surface area contributed by atoms with Gasteiger partial charge in [-0.1, -0.05) is 17.7 Å². The molecule has 0 spiro atoms. The molecule has 178 valence electrons. The summed E-state index contributed by atoms with van der Waals surface area (Å²) in [4.78, 5) is 23.1. The third-order valence-electron chi connectivity index (χ3n) is 4.71. The molecule has 3 aromatic carbocycles. The molecule has 3 aromatic rings. The van der Waals surface area contributed by atoms with Crippen molar-refractivity contribution in [3.05, 3.63) is 83.9 Å². The number of rotatable bonds is 12. The van der Waals surface area contributed by atoms with Crippen LogP contribution in [0.4, 0.5) is 0 Å². The zero-order valence-electron chi connectivity index (χ0n) is 19.3. The van der Waals surface area contributed by atoms with Gasteiger partial charge >= 0.3 is 11.9 Å². The number of hydrogen-bond donors (Lipinski definition) is 0. The van der Waals surface area contributed by atoms with Gasteiger partial charge in [-0.15, -0.1) is 0 Å². The van der Waals surface area contributed by atoms with Crippen LogP contribution in [0.25, 0.3) is 0 Å². The number of aryl methyl sites for hydroxylation is 1. The fraction of sp³-hybridized carbons (Fsp3) is 0.259. The summed E-state index contributed by atoms with van der Waals surface area (Å²) in [7, 11) is 0. The lowest BCUT2D eigenvalue weighted by Crippen LogP contribution is -2.09. The number of ether oxygens (including phenoxy) is 5. The molecule has 0 radical (unpaired) electrons. The van der Waals surface area contributed by atoms with Crippen LogP contribution in [0, 0.1) is 6.92 Å². The van der Waals surface area contributed by atoms with Gasteiger partial charge < -0.3 is 23.7 Å². The lowest BCUT2D eigenvalue weighted by Gasteiger charge is -2.10. The largest absolute Gasteiger partial charge is 0.494 e. The van der Waals surface area contributed by atoms with Crippen molar-refractivity contribution in [2.45, 2.75) is 26.7 Å². The van der Waals surface area contributed by atoms with Crippen LogP contribution in [0.15, 0.2) is 72.8 Å². The van der Waals surface area contributed by atoms with Gasteiger partial charge in [0.1, 0.15) is 23.0 Å². The summed E-state index contributed by atoms with van der Waals surface area (Å²) in [5.74, 6) is 1.64. The lowest BCUT2D eigenvalue weighted by atomic mass is 10.2. The summed E-state index contributed by atoms with van der Waals surface area (Å²) < 4.78 is 27.0. The van der Waals surface area contributed by atoms with Crippen molar-refractivity contribution in [3.63, 3.8) is 0 Å². The fourth-order valence-electron chi connectivity index (χ4n) is 2.87. The van der Waals surface area contributed by atoms with Crippen molar-refractivity contribution in [2.24, 2.45) is 0 Å². The number of benzene rings is 3. The molecule has 0 atom stereocenters. The van der Waals surface area contributed by atoms with Gasteiger partial charge in [-0.3, -0.25) is 4.79 Å². The summed E-state index contributed by atoms with van der Waals surface area (Å²) in [5.41, 5.74) is 1.57. The predicted octanol–water partition coefficient (Wildman–Crippen LogP) is 5.35. The summed E-state index contributed by atoms with van der Waals surface area (Å²) in [6.45, 7) is 4.35. The first-order valence-electron chi connectivity index (χ1n) is 11.0. The fourth-order valence-corrected chi connectivity index (χ4v) is 2.87. The number of carbonyl (C=O) groups is 2. The van der Waals surface area contributed by atoms with Crippen molar-refractivity contribution in [1.29, 1.82) is 0 Å². The van der Waals surface area contributed by atoms with Gasteiger partial charge in [-0.05, 0) is 80.4 Å². The molecule has 0 aliphatic rings. The standard InChI is InChI=1S/C27H28O7/c1-20-5-9-24(10-6-20)32-19-33-25-13-15-26(16-14-25)34-27(29)22-7-11-23(12-8-22)31-18-4-3-17-30-21(2)28/h5-16H,3-4,17-19H2,1-2H3. The molecule has 0 saturated heterocycles. The molecule has 7 heteroatoms. The average Bonchev–Trinajstić information content (AvgIpc) is 2.84. The van der Waals surface area contributed by atoms with Crippen LogP contribution in [-0.2, 0) is 9.53 Å². The second kappa shape index (κ2) is 12.9. The number of esters is 2. The van der Waals surface area contributed by atoms with E-state index in [0.717, 1.165) is 24.2 Å². The maximum Gasteiger partial charge on any atom is 0.343 e. The molecule has 0 heterocycles. The van der Waals surface area contributed by atoms with Gasteiger partial charge in [-0.25, -0.2) is 4.79 Å². The maximum absolute atomic E-state index is 12.4. The van der Waals surface area contributed by atoms with Gasteiger partial charge in [0, 0.05) is 6.92 Å². The number of unbranched alkanes of at least 4 members (excludes halogenated alkanes) is 1. The van der Waals surface area contributed by atoms with Crippen LogP contribution < -0.4 is 18.9 Å². The van der Waals surface area contributed by atoms with Crippen LogP contribution in [0.3, 0.4) is 0 Å². The monoisotopic (exact) mass is 464 g/mol. The van der Waals surface area contributed by atoms with E-state index < -0.39 is 5.97 Å². The van der Waals surface area contributed by atoms with E-state index >= 15 is 0 Å². The third kappa shape index (κ3) is 8.50. The highest BCUT2D eigenvalue weighted by Crippen LogP contribution is 2.20. The smallest absolute Gasteiger partial charge is 0.343 e. The zero-order valence-corrected chi connectivity index (χ0v) is 19.3. The van der Waals surface area contributed by atoms with E-state index in [2.05, 4.69) is 0 Å². The minimum Gasteiger partial charge on any atom is -0.494 e. The van der Waals surface area contributed by atoms with Gasteiger partial charge in [0.2, 0.25) is 6.79 Å². The quantitative estimate of drug-likeness (QED) is 0.155. The van der Waals surface area contributed by atoms with E-state index in [4.69, 9.17) is 23.7 Å². The minimum absolute atomic E-state index is 0.0722. The second-order valence-corrected chi connectivity index (χ2v) is 7.50. The minimum atomic E-state index is -0.468. The van der Waals surface area contributed by atoms with Crippen LogP contribution in [0.1, 0.15) is 35.7 Å². The normalized spacial score (nSPS) is 10.3. The molecule has 0 N–H and O–H groups in total. The van der Waals surface area contributed by atoms with E-state index in [-0.39, 0.29) is 12.8 Å². The number of hydrogen-bond acceptors (Lipinski definition) is 7. The number of carbonyl (C=O) groups excluding carboxylic acids is 2.